The van der Waals surface area contributed by atoms with E-state index in [0.717, 1.165) is 5.92 Å². The molecule has 2 fully saturated rings. The van der Waals surface area contributed by atoms with Crippen LogP contribution in [-0.2, 0) is 0 Å². The Morgan fingerprint density at radius 3 is 2.40 bits per heavy atom. The zero-order chi connectivity index (χ0) is 14.8. The van der Waals surface area contributed by atoms with Gasteiger partial charge in [-0.2, -0.15) is 0 Å². The molecule has 1 aliphatic heterocycles. The lowest BCUT2D eigenvalue weighted by molar-refractivity contribution is 0.0903. The summed E-state index contributed by atoms with van der Waals surface area (Å²) >= 11 is 0. The number of rotatable bonds is 4. The van der Waals surface area contributed by atoms with Crippen LogP contribution in [0.25, 0.3) is 0 Å². The first-order valence-electron chi connectivity index (χ1n) is 8.48. The van der Waals surface area contributed by atoms with Gasteiger partial charge in [0.2, 0.25) is 0 Å². The molecule has 0 aromatic carbocycles. The van der Waals surface area contributed by atoms with Crippen molar-refractivity contribution in [3.63, 3.8) is 0 Å². The van der Waals surface area contributed by atoms with Crippen molar-refractivity contribution in [2.75, 3.05) is 40.3 Å². The van der Waals surface area contributed by atoms with Crippen LogP contribution in [0.1, 0.15) is 46.0 Å². The summed E-state index contributed by atoms with van der Waals surface area (Å²) < 4.78 is 0. The summed E-state index contributed by atoms with van der Waals surface area (Å²) in [6, 6.07) is 0.433. The molecule has 3 nitrogen and oxygen atoms in total. The molecule has 1 saturated carbocycles. The average Bonchev–Trinajstić information content (AvgIpc) is 2.35. The summed E-state index contributed by atoms with van der Waals surface area (Å²) in [6.45, 7) is 9.87. The number of piperidine rings is 1. The van der Waals surface area contributed by atoms with Gasteiger partial charge in [0.15, 0.2) is 0 Å². The summed E-state index contributed by atoms with van der Waals surface area (Å²) in [6.07, 6.45) is 6.56. The first kappa shape index (κ1) is 16.3. The second-order valence-corrected chi connectivity index (χ2v) is 8.34. The minimum absolute atomic E-state index is 0.433. The van der Waals surface area contributed by atoms with Gasteiger partial charge in [-0.05, 0) is 76.5 Å². The highest BCUT2D eigenvalue weighted by molar-refractivity contribution is 4.89. The second-order valence-electron chi connectivity index (χ2n) is 8.34. The average molecular weight is 281 g/mol. The van der Waals surface area contributed by atoms with Gasteiger partial charge < -0.3 is 15.5 Å². The van der Waals surface area contributed by atoms with Crippen molar-refractivity contribution in [1.82, 2.24) is 9.80 Å². The predicted molar refractivity (Wildman–Crippen MR) is 86.8 cm³/mol. The molecular weight excluding hydrogens is 246 g/mol. The number of likely N-dealkylation sites (tertiary alicyclic amines) is 1. The maximum Gasteiger partial charge on any atom is 0.00797 e. The van der Waals surface area contributed by atoms with Gasteiger partial charge in [0.05, 0.1) is 0 Å². The molecule has 0 radical (unpaired) electrons. The van der Waals surface area contributed by atoms with Gasteiger partial charge >= 0.3 is 0 Å². The van der Waals surface area contributed by atoms with Gasteiger partial charge in [0.25, 0.3) is 0 Å². The molecule has 2 atom stereocenters. The Hall–Kier alpha value is -0.120. The van der Waals surface area contributed by atoms with E-state index in [2.05, 4.69) is 37.7 Å². The number of hydrogen-bond donors (Lipinski definition) is 1. The molecule has 1 heterocycles. The summed E-state index contributed by atoms with van der Waals surface area (Å²) in [5.41, 5.74) is 6.88. The molecule has 0 spiro atoms. The standard InChI is InChI=1S/C17H35N3/c1-17(2)8-5-16(18)15(11-17)13-20-9-6-14(7-10-20)12-19(3)4/h14-16H,5-13,18H2,1-4H3. The van der Waals surface area contributed by atoms with Crippen molar-refractivity contribution in [3.8, 4) is 0 Å². The van der Waals surface area contributed by atoms with Crippen molar-refractivity contribution < 1.29 is 0 Å². The lowest BCUT2D eigenvalue weighted by Crippen LogP contribution is -2.47. The van der Waals surface area contributed by atoms with Crippen molar-refractivity contribution >= 4 is 0 Å². The van der Waals surface area contributed by atoms with Crippen molar-refractivity contribution in [1.29, 1.82) is 0 Å². The van der Waals surface area contributed by atoms with Crippen LogP contribution in [0.5, 0.6) is 0 Å². The van der Waals surface area contributed by atoms with Crippen LogP contribution in [0.3, 0.4) is 0 Å². The van der Waals surface area contributed by atoms with Crippen molar-refractivity contribution in [2.24, 2.45) is 23.0 Å². The zero-order valence-corrected chi connectivity index (χ0v) is 14.1. The lowest BCUT2D eigenvalue weighted by Gasteiger charge is -2.42. The summed E-state index contributed by atoms with van der Waals surface area (Å²) in [5, 5.41) is 0. The molecular formula is C17H35N3. The molecule has 0 aromatic rings. The van der Waals surface area contributed by atoms with E-state index in [1.807, 2.05) is 0 Å². The number of hydrogen-bond acceptors (Lipinski definition) is 3. The molecule has 1 saturated heterocycles. The van der Waals surface area contributed by atoms with E-state index >= 15 is 0 Å². The smallest absolute Gasteiger partial charge is 0.00797 e. The van der Waals surface area contributed by atoms with E-state index in [1.54, 1.807) is 0 Å². The first-order valence-corrected chi connectivity index (χ1v) is 8.48. The van der Waals surface area contributed by atoms with Crippen LogP contribution in [0, 0.1) is 17.3 Å². The molecule has 3 heteroatoms. The molecule has 118 valence electrons. The van der Waals surface area contributed by atoms with Gasteiger partial charge in [-0.1, -0.05) is 13.8 Å². The molecule has 2 N–H and O–H groups in total. The highest BCUT2D eigenvalue weighted by atomic mass is 15.1. The van der Waals surface area contributed by atoms with Gasteiger partial charge in [0.1, 0.15) is 0 Å². The first-order chi connectivity index (χ1) is 9.35. The maximum absolute atomic E-state index is 6.38. The predicted octanol–water partition coefficient (Wildman–Crippen LogP) is 2.41. The Labute approximate surface area is 125 Å². The van der Waals surface area contributed by atoms with E-state index in [-0.39, 0.29) is 0 Å². The topological polar surface area (TPSA) is 32.5 Å². The fourth-order valence-corrected chi connectivity index (χ4v) is 4.16. The Kier molecular flexibility index (Phi) is 5.49. The Morgan fingerprint density at radius 2 is 1.80 bits per heavy atom. The normalized spacial score (nSPS) is 32.7. The largest absolute Gasteiger partial charge is 0.327 e. The molecule has 0 bridgehead atoms. The third kappa shape index (κ3) is 4.71. The van der Waals surface area contributed by atoms with Gasteiger partial charge in [-0.15, -0.1) is 0 Å². The van der Waals surface area contributed by atoms with E-state index in [0.29, 0.717) is 17.4 Å². The summed E-state index contributed by atoms with van der Waals surface area (Å²) in [4.78, 5) is 5.01. The Morgan fingerprint density at radius 1 is 1.15 bits per heavy atom. The van der Waals surface area contributed by atoms with E-state index < -0.39 is 0 Å². The van der Waals surface area contributed by atoms with E-state index in [4.69, 9.17) is 5.73 Å². The van der Waals surface area contributed by atoms with Crippen LogP contribution in [0.4, 0.5) is 0 Å². The molecule has 2 unspecified atom stereocenters. The minimum atomic E-state index is 0.433. The van der Waals surface area contributed by atoms with Crippen LogP contribution >= 0.6 is 0 Å². The SMILES string of the molecule is CN(C)CC1CCN(CC2CC(C)(C)CCC2N)CC1. The zero-order valence-electron chi connectivity index (χ0n) is 14.1. The Balaban J connectivity index is 1.77. The van der Waals surface area contributed by atoms with Crippen molar-refractivity contribution in [3.05, 3.63) is 0 Å². The molecule has 2 rings (SSSR count). The van der Waals surface area contributed by atoms with Gasteiger partial charge in [-0.25, -0.2) is 0 Å². The minimum Gasteiger partial charge on any atom is -0.327 e. The van der Waals surface area contributed by atoms with Gasteiger partial charge in [-0.3, -0.25) is 0 Å². The van der Waals surface area contributed by atoms with Crippen LogP contribution in [-0.4, -0.2) is 56.1 Å². The molecule has 0 amide bonds. The highest BCUT2D eigenvalue weighted by Gasteiger charge is 2.34. The Bertz CT molecular complexity index is 293. The maximum atomic E-state index is 6.38. The monoisotopic (exact) mass is 281 g/mol. The van der Waals surface area contributed by atoms with E-state index in [1.165, 1.54) is 58.3 Å². The highest BCUT2D eigenvalue weighted by Crippen LogP contribution is 2.38. The molecule has 0 aromatic heterocycles. The molecule has 2 aliphatic rings. The van der Waals surface area contributed by atoms with Crippen molar-refractivity contribution in [2.45, 2.75) is 52.0 Å². The van der Waals surface area contributed by atoms with Crippen LogP contribution < -0.4 is 5.73 Å². The summed E-state index contributed by atoms with van der Waals surface area (Å²) in [7, 11) is 4.38. The fraction of sp³-hybridized carbons (Fsp3) is 1.00. The van der Waals surface area contributed by atoms with Crippen LogP contribution in [0.2, 0.25) is 0 Å². The third-order valence-electron chi connectivity index (χ3n) is 5.40. The second kappa shape index (κ2) is 6.76. The van der Waals surface area contributed by atoms with Crippen LogP contribution in [0.15, 0.2) is 0 Å². The molecule has 20 heavy (non-hydrogen) atoms. The summed E-state index contributed by atoms with van der Waals surface area (Å²) in [5.74, 6) is 1.61. The molecule has 1 aliphatic carbocycles. The third-order valence-corrected chi connectivity index (χ3v) is 5.40. The van der Waals surface area contributed by atoms with E-state index in [9.17, 15) is 0 Å². The fourth-order valence-electron chi connectivity index (χ4n) is 4.16. The van der Waals surface area contributed by atoms with Gasteiger partial charge in [0, 0.05) is 19.1 Å². The number of nitrogens with zero attached hydrogens (tertiary/aromatic N) is 2. The lowest BCUT2D eigenvalue weighted by atomic mass is 9.70. The number of nitrogens with two attached hydrogens (primary N) is 1. The quantitative estimate of drug-likeness (QED) is 0.859.